The minimum absolute atomic E-state index is 0.309. The van der Waals surface area contributed by atoms with Gasteiger partial charge in [0.1, 0.15) is 5.82 Å². The molecule has 2 aromatic rings. The first kappa shape index (κ1) is 14.2. The maximum Gasteiger partial charge on any atom is 0.175 e. The molecular weight excluding hydrogens is 351 g/mol. The third-order valence-corrected chi connectivity index (χ3v) is 3.23. The summed E-state index contributed by atoms with van der Waals surface area (Å²) >= 11 is 14.1. The van der Waals surface area contributed by atoms with Crippen LogP contribution in [0.4, 0.5) is 15.8 Å². The number of halogens is 3. The molecule has 0 heterocycles. The van der Waals surface area contributed by atoms with E-state index in [4.69, 9.17) is 23.8 Å². The Kier molecular flexibility index (Phi) is 4.74. The molecule has 0 bridgehead atoms. The van der Waals surface area contributed by atoms with E-state index in [1.54, 1.807) is 36.4 Å². The molecule has 0 saturated heterocycles. The molecule has 0 aliphatic carbocycles. The van der Waals surface area contributed by atoms with Gasteiger partial charge in [0.15, 0.2) is 5.11 Å². The monoisotopic (exact) mass is 358 g/mol. The molecule has 2 nitrogen and oxygen atoms in total. The number of hydrogen-bond donors (Lipinski definition) is 2. The molecule has 0 radical (unpaired) electrons. The van der Waals surface area contributed by atoms with Gasteiger partial charge in [0.2, 0.25) is 0 Å². The average Bonchev–Trinajstić information content (AvgIpc) is 2.36. The van der Waals surface area contributed by atoms with Gasteiger partial charge in [0.05, 0.1) is 5.69 Å². The summed E-state index contributed by atoms with van der Waals surface area (Å²) in [5.41, 5.74) is 1.09. The number of benzene rings is 2. The van der Waals surface area contributed by atoms with Crippen LogP contribution in [0, 0.1) is 5.82 Å². The van der Waals surface area contributed by atoms with Gasteiger partial charge in [0, 0.05) is 15.2 Å². The number of rotatable bonds is 2. The molecule has 0 spiro atoms. The van der Waals surface area contributed by atoms with Gasteiger partial charge in [0.25, 0.3) is 0 Å². The number of nitrogens with one attached hydrogen (secondary N) is 2. The molecule has 2 aromatic carbocycles. The summed E-state index contributed by atoms with van der Waals surface area (Å²) in [6.45, 7) is 0. The number of hydrogen-bond acceptors (Lipinski definition) is 1. The molecule has 0 saturated carbocycles. The second kappa shape index (κ2) is 6.32. The van der Waals surface area contributed by atoms with Crippen LogP contribution >= 0.6 is 39.7 Å². The second-order valence-corrected chi connectivity index (χ2v) is 5.47. The van der Waals surface area contributed by atoms with Crippen LogP contribution in [0.5, 0.6) is 0 Å². The Morgan fingerprint density at radius 3 is 2.42 bits per heavy atom. The summed E-state index contributed by atoms with van der Waals surface area (Å²) < 4.78 is 14.3. The molecule has 0 aliphatic rings. The Bertz CT molecular complexity index is 604. The van der Waals surface area contributed by atoms with Crippen molar-refractivity contribution in [2.45, 2.75) is 0 Å². The maximum atomic E-state index is 13.6. The standard InChI is InChI=1S/C13H9BrClFN2S/c14-8-1-6-12(11(16)7-8)18-13(19)17-10-4-2-9(15)3-5-10/h1-7H,(H2,17,18,19). The van der Waals surface area contributed by atoms with E-state index in [0.717, 1.165) is 5.69 Å². The average molecular weight is 360 g/mol. The maximum absolute atomic E-state index is 13.6. The lowest BCUT2D eigenvalue weighted by Crippen LogP contribution is -2.19. The number of thiocarbonyl (C=S) groups is 1. The highest BCUT2D eigenvalue weighted by atomic mass is 79.9. The summed E-state index contributed by atoms with van der Waals surface area (Å²) in [5.74, 6) is -0.380. The van der Waals surface area contributed by atoms with E-state index < -0.39 is 0 Å². The molecule has 0 aliphatic heterocycles. The minimum atomic E-state index is -0.380. The number of anilines is 2. The second-order valence-electron chi connectivity index (χ2n) is 3.71. The van der Waals surface area contributed by atoms with E-state index in [9.17, 15) is 4.39 Å². The van der Waals surface area contributed by atoms with Gasteiger partial charge < -0.3 is 10.6 Å². The van der Waals surface area contributed by atoms with Crippen molar-refractivity contribution in [3.63, 3.8) is 0 Å². The van der Waals surface area contributed by atoms with E-state index in [-0.39, 0.29) is 5.82 Å². The van der Waals surface area contributed by atoms with Crippen molar-refractivity contribution in [2.24, 2.45) is 0 Å². The Labute approximate surface area is 129 Å². The summed E-state index contributed by atoms with van der Waals surface area (Å²) in [5, 5.41) is 6.69. The Morgan fingerprint density at radius 1 is 1.11 bits per heavy atom. The van der Waals surface area contributed by atoms with Crippen LogP contribution in [0.2, 0.25) is 5.02 Å². The molecule has 0 fully saturated rings. The van der Waals surface area contributed by atoms with Crippen LogP contribution in [0.25, 0.3) is 0 Å². The molecule has 6 heteroatoms. The zero-order valence-electron chi connectivity index (χ0n) is 9.58. The SMILES string of the molecule is Fc1cc(Br)ccc1NC(=S)Nc1ccc(Cl)cc1. The third-order valence-electron chi connectivity index (χ3n) is 2.28. The first-order valence-electron chi connectivity index (χ1n) is 5.33. The van der Waals surface area contributed by atoms with Gasteiger partial charge in [-0.1, -0.05) is 27.5 Å². The molecule has 0 amide bonds. The largest absolute Gasteiger partial charge is 0.332 e. The highest BCUT2D eigenvalue weighted by molar-refractivity contribution is 9.10. The fourth-order valence-corrected chi connectivity index (χ4v) is 2.10. The van der Waals surface area contributed by atoms with Crippen molar-refractivity contribution in [1.29, 1.82) is 0 Å². The van der Waals surface area contributed by atoms with Crippen molar-refractivity contribution < 1.29 is 4.39 Å². The summed E-state index contributed by atoms with van der Waals surface area (Å²) in [6, 6.07) is 11.8. The molecular formula is C13H9BrClFN2S. The zero-order valence-corrected chi connectivity index (χ0v) is 12.7. The lowest BCUT2D eigenvalue weighted by molar-refractivity contribution is 0.631. The Hall–Kier alpha value is -1.17. The van der Waals surface area contributed by atoms with E-state index in [2.05, 4.69) is 26.6 Å². The minimum Gasteiger partial charge on any atom is -0.332 e. The molecule has 0 unspecified atom stereocenters. The molecule has 98 valence electrons. The molecule has 0 atom stereocenters. The van der Waals surface area contributed by atoms with Crippen LogP contribution in [0.3, 0.4) is 0 Å². The van der Waals surface area contributed by atoms with Crippen molar-refractivity contribution in [3.05, 3.63) is 57.8 Å². The van der Waals surface area contributed by atoms with E-state index in [1.165, 1.54) is 6.07 Å². The summed E-state index contributed by atoms with van der Waals surface area (Å²) in [6.07, 6.45) is 0. The van der Waals surface area contributed by atoms with Crippen molar-refractivity contribution in [3.8, 4) is 0 Å². The van der Waals surface area contributed by atoms with E-state index >= 15 is 0 Å². The Balaban J connectivity index is 2.03. The first-order chi connectivity index (χ1) is 9.04. The van der Waals surface area contributed by atoms with Crippen LogP contribution in [0.1, 0.15) is 0 Å². The van der Waals surface area contributed by atoms with Crippen LogP contribution < -0.4 is 10.6 Å². The fraction of sp³-hybridized carbons (Fsp3) is 0. The van der Waals surface area contributed by atoms with Gasteiger partial charge in [-0.3, -0.25) is 0 Å². The van der Waals surface area contributed by atoms with Crippen molar-refractivity contribution in [1.82, 2.24) is 0 Å². The fourth-order valence-electron chi connectivity index (χ4n) is 1.41. The molecule has 2 rings (SSSR count). The molecule has 19 heavy (non-hydrogen) atoms. The third kappa shape index (κ3) is 4.16. The quantitative estimate of drug-likeness (QED) is 0.734. The lowest BCUT2D eigenvalue weighted by Gasteiger charge is -2.11. The van der Waals surface area contributed by atoms with Gasteiger partial charge in [-0.2, -0.15) is 0 Å². The lowest BCUT2D eigenvalue weighted by atomic mass is 10.3. The normalized spacial score (nSPS) is 10.1. The van der Waals surface area contributed by atoms with Gasteiger partial charge in [-0.25, -0.2) is 4.39 Å². The summed E-state index contributed by atoms with van der Waals surface area (Å²) in [4.78, 5) is 0. The predicted molar refractivity (Wildman–Crippen MR) is 85.4 cm³/mol. The predicted octanol–water partition coefficient (Wildman–Crippen LogP) is 5.05. The highest BCUT2D eigenvalue weighted by Gasteiger charge is 2.05. The van der Waals surface area contributed by atoms with Gasteiger partial charge in [-0.05, 0) is 54.7 Å². The highest BCUT2D eigenvalue weighted by Crippen LogP contribution is 2.20. The Morgan fingerprint density at radius 2 is 1.79 bits per heavy atom. The first-order valence-corrected chi connectivity index (χ1v) is 6.91. The molecule has 2 N–H and O–H groups in total. The van der Waals surface area contributed by atoms with Crippen LogP contribution in [-0.4, -0.2) is 5.11 Å². The smallest absolute Gasteiger partial charge is 0.175 e. The topological polar surface area (TPSA) is 24.1 Å². The van der Waals surface area contributed by atoms with Gasteiger partial charge >= 0.3 is 0 Å². The van der Waals surface area contributed by atoms with Crippen LogP contribution in [0.15, 0.2) is 46.9 Å². The summed E-state index contributed by atoms with van der Waals surface area (Å²) in [7, 11) is 0. The van der Waals surface area contributed by atoms with Crippen LogP contribution in [-0.2, 0) is 0 Å². The van der Waals surface area contributed by atoms with E-state index in [1.807, 2.05) is 0 Å². The molecule has 0 aromatic heterocycles. The zero-order chi connectivity index (χ0) is 13.8. The van der Waals surface area contributed by atoms with E-state index in [0.29, 0.717) is 20.3 Å². The van der Waals surface area contributed by atoms with Crippen molar-refractivity contribution >= 4 is 56.2 Å². The van der Waals surface area contributed by atoms with Crippen molar-refractivity contribution in [2.75, 3.05) is 10.6 Å². The van der Waals surface area contributed by atoms with Gasteiger partial charge in [-0.15, -0.1) is 0 Å².